The zero-order chi connectivity index (χ0) is 46.6. The minimum absolute atomic E-state index is 0.0151. The van der Waals surface area contributed by atoms with E-state index in [9.17, 15) is 48.6 Å². The highest BCUT2D eigenvalue weighted by Gasteiger charge is 2.34. The Morgan fingerprint density at radius 3 is 1.79 bits per heavy atom. The van der Waals surface area contributed by atoms with Gasteiger partial charge in [-0.25, -0.2) is 4.98 Å². The molecule has 21 heteroatoms. The lowest BCUT2D eigenvalue weighted by molar-refractivity contribution is -0.140. The van der Waals surface area contributed by atoms with Crippen LogP contribution in [0.15, 0.2) is 67.1 Å². The number of phenols is 1. The van der Waals surface area contributed by atoms with Gasteiger partial charge in [-0.1, -0.05) is 56.3 Å². The molecule has 1 heterocycles. The number of carboxylic acids is 1. The molecule has 3 rings (SSSR count). The van der Waals surface area contributed by atoms with Crippen LogP contribution in [0.5, 0.6) is 5.75 Å². The number of thioether (sulfide) groups is 1. The number of carbonyl (C=O) groups is 8. The van der Waals surface area contributed by atoms with Crippen molar-refractivity contribution in [3.8, 4) is 5.75 Å². The third kappa shape index (κ3) is 17.8. The van der Waals surface area contributed by atoms with Crippen LogP contribution in [0.1, 0.15) is 56.9 Å². The lowest BCUT2D eigenvalue weighted by Gasteiger charge is -2.28. The number of amides is 7. The number of hydrogen-bond acceptors (Lipinski definition) is 12. The largest absolute Gasteiger partial charge is 0.508 e. The lowest BCUT2D eigenvalue weighted by Crippen LogP contribution is -2.60. The smallest absolute Gasteiger partial charge is 0.305 e. The summed E-state index contributed by atoms with van der Waals surface area (Å²) in [7, 11) is 0. The van der Waals surface area contributed by atoms with Gasteiger partial charge in [-0.2, -0.15) is 11.8 Å². The molecule has 0 saturated carbocycles. The van der Waals surface area contributed by atoms with Crippen molar-refractivity contribution in [2.45, 2.75) is 102 Å². The summed E-state index contributed by atoms with van der Waals surface area (Å²) in [6.45, 7) is 5.04. The number of nitrogens with two attached hydrogens (primary N) is 2. The van der Waals surface area contributed by atoms with E-state index < -0.39 is 96.0 Å². The van der Waals surface area contributed by atoms with Crippen LogP contribution in [0.2, 0.25) is 0 Å². The number of phenolic OH excluding ortho intramolecular Hbond substituents is 1. The van der Waals surface area contributed by atoms with Gasteiger partial charge in [0.2, 0.25) is 41.4 Å². The third-order valence-corrected chi connectivity index (χ3v) is 10.3. The van der Waals surface area contributed by atoms with E-state index in [1.165, 1.54) is 43.3 Å². The number of benzene rings is 2. The van der Waals surface area contributed by atoms with Crippen molar-refractivity contribution in [2.75, 3.05) is 12.0 Å². The quantitative estimate of drug-likeness (QED) is 0.0469. The third-order valence-electron chi connectivity index (χ3n) is 9.63. The first kappa shape index (κ1) is 50.9. The molecule has 0 aliphatic heterocycles. The monoisotopic (exact) mass is 894 g/mol. The summed E-state index contributed by atoms with van der Waals surface area (Å²) in [6, 6.07) is 6.13. The van der Waals surface area contributed by atoms with E-state index in [-0.39, 0.29) is 43.8 Å². The average molecular weight is 895 g/mol. The number of imidazole rings is 1. The Balaban J connectivity index is 1.83. The number of aromatic amines is 1. The van der Waals surface area contributed by atoms with Gasteiger partial charge in [-0.05, 0) is 67.4 Å². The highest BCUT2D eigenvalue weighted by molar-refractivity contribution is 7.98. The van der Waals surface area contributed by atoms with Gasteiger partial charge in [0, 0.05) is 24.7 Å². The Hall–Kier alpha value is -6.48. The maximum absolute atomic E-state index is 14.2. The summed E-state index contributed by atoms with van der Waals surface area (Å²) in [6.07, 6.45) is 3.99. The zero-order valence-electron chi connectivity index (χ0n) is 35.6. The molecule has 13 N–H and O–H groups in total. The molecule has 0 aliphatic carbocycles. The number of carbonyl (C=O) groups excluding carboxylic acids is 7. The second kappa shape index (κ2) is 25.5. The molecule has 0 fully saturated rings. The predicted molar refractivity (Wildman–Crippen MR) is 233 cm³/mol. The van der Waals surface area contributed by atoms with Crippen molar-refractivity contribution >= 4 is 59.1 Å². The van der Waals surface area contributed by atoms with Crippen molar-refractivity contribution < 1.29 is 48.6 Å². The second-order valence-corrected chi connectivity index (χ2v) is 16.4. The number of nitrogens with one attached hydrogen (secondary N) is 7. The van der Waals surface area contributed by atoms with Crippen LogP contribution in [-0.2, 0) is 57.6 Å². The molecule has 0 radical (unpaired) electrons. The zero-order valence-corrected chi connectivity index (χ0v) is 36.4. The van der Waals surface area contributed by atoms with E-state index in [0.717, 1.165) is 0 Å². The number of nitrogens with zero attached hydrogens (tertiary/aromatic N) is 1. The maximum Gasteiger partial charge on any atom is 0.305 e. The van der Waals surface area contributed by atoms with E-state index in [0.29, 0.717) is 22.6 Å². The first-order valence-electron chi connectivity index (χ1n) is 20.2. The molecule has 0 spiro atoms. The fraction of sp³-hybridized carbons (Fsp3) is 0.452. The van der Waals surface area contributed by atoms with Crippen LogP contribution in [-0.4, -0.2) is 122 Å². The van der Waals surface area contributed by atoms with Crippen molar-refractivity contribution in [1.29, 1.82) is 0 Å². The minimum Gasteiger partial charge on any atom is -0.508 e. The Bertz CT molecular complexity index is 2000. The van der Waals surface area contributed by atoms with Gasteiger partial charge in [0.1, 0.15) is 42.0 Å². The normalized spacial score (nSPS) is 14.4. The topological polar surface area (TPSA) is 330 Å². The molecule has 20 nitrogen and oxygen atoms in total. The second-order valence-electron chi connectivity index (χ2n) is 15.4. The number of aromatic hydroxyl groups is 1. The molecular formula is C42H58N10O10S. The molecule has 0 bridgehead atoms. The van der Waals surface area contributed by atoms with Gasteiger partial charge < -0.3 is 58.6 Å². The highest BCUT2D eigenvalue weighted by Crippen LogP contribution is 2.13. The average Bonchev–Trinajstić information content (AvgIpc) is 3.75. The Morgan fingerprint density at radius 2 is 1.22 bits per heavy atom. The summed E-state index contributed by atoms with van der Waals surface area (Å²) >= 11 is 1.37. The molecule has 2 aromatic carbocycles. The summed E-state index contributed by atoms with van der Waals surface area (Å²) in [5.41, 5.74) is 13.2. The summed E-state index contributed by atoms with van der Waals surface area (Å²) in [4.78, 5) is 112. The van der Waals surface area contributed by atoms with Gasteiger partial charge in [-0.3, -0.25) is 38.4 Å². The number of H-pyrrole nitrogens is 1. The SMILES string of the molecule is CSCC[C@H](NC(=O)[C@H](CC(C)C)NC(=O)[C@H](Cc1cnc[nH]1)NC(=O)[C@H](Cc1ccccc1)NC(=O)[C@@H](C)NC(=O)[C@@H](N)Cc1ccc(O)cc1)C(=O)N[C@@H](CC(=O)O)C(N)=O. The van der Waals surface area contributed by atoms with Gasteiger partial charge in [0.25, 0.3) is 0 Å². The van der Waals surface area contributed by atoms with Crippen LogP contribution in [0.3, 0.4) is 0 Å². The number of hydrogen-bond donors (Lipinski definition) is 11. The number of aromatic nitrogens is 2. The molecule has 342 valence electrons. The fourth-order valence-corrected chi connectivity index (χ4v) is 6.71. The Kier molecular flexibility index (Phi) is 20.6. The van der Waals surface area contributed by atoms with Crippen LogP contribution in [0.25, 0.3) is 0 Å². The Labute approximate surface area is 369 Å². The molecule has 7 atom stereocenters. The first-order chi connectivity index (χ1) is 29.9. The van der Waals surface area contributed by atoms with E-state index in [1.54, 1.807) is 62.6 Å². The standard InChI is InChI=1S/C42H58N10O10S/c1-23(2)16-32(40(60)48-30(14-15-63-4)39(59)49-31(36(44)56)20-35(54)55)51-42(62)34(19-27-21-45-22-46-27)52-41(61)33(18-25-8-6-5-7-9-25)50-37(57)24(3)47-38(58)29(43)17-26-10-12-28(53)13-11-26/h5-13,21-24,29-34,53H,14-20,43H2,1-4H3,(H2,44,56)(H,45,46)(H,47,58)(H,48,60)(H,49,59)(H,50,57)(H,51,62)(H,52,61)(H,54,55)/t24-,29+,30+,31+,32+,33+,34+/m1/s1. The van der Waals surface area contributed by atoms with Gasteiger partial charge >= 0.3 is 5.97 Å². The number of carboxylic acid groups (broad SMARTS) is 1. The minimum atomic E-state index is -1.54. The molecule has 0 saturated heterocycles. The Morgan fingerprint density at radius 1 is 0.683 bits per heavy atom. The number of aliphatic carboxylic acids is 1. The van der Waals surface area contributed by atoms with E-state index in [2.05, 4.69) is 41.9 Å². The van der Waals surface area contributed by atoms with Gasteiger partial charge in [-0.15, -0.1) is 0 Å². The summed E-state index contributed by atoms with van der Waals surface area (Å²) < 4.78 is 0. The van der Waals surface area contributed by atoms with Crippen molar-refractivity contribution in [1.82, 2.24) is 41.9 Å². The van der Waals surface area contributed by atoms with Crippen molar-refractivity contribution in [3.05, 3.63) is 83.9 Å². The summed E-state index contributed by atoms with van der Waals surface area (Å²) in [5.74, 6) is -6.68. The molecule has 0 aliphatic rings. The predicted octanol–water partition coefficient (Wildman–Crippen LogP) is -0.842. The van der Waals surface area contributed by atoms with Crippen LogP contribution in [0, 0.1) is 5.92 Å². The van der Waals surface area contributed by atoms with Crippen LogP contribution in [0.4, 0.5) is 0 Å². The number of primary amides is 1. The lowest BCUT2D eigenvalue weighted by atomic mass is 10.0. The molecule has 63 heavy (non-hydrogen) atoms. The molecule has 7 amide bonds. The highest BCUT2D eigenvalue weighted by atomic mass is 32.2. The van der Waals surface area contributed by atoms with Gasteiger partial charge in [0.15, 0.2) is 0 Å². The molecule has 1 aromatic heterocycles. The fourth-order valence-electron chi connectivity index (χ4n) is 6.24. The maximum atomic E-state index is 14.2. The van der Waals surface area contributed by atoms with Gasteiger partial charge in [0.05, 0.1) is 18.8 Å². The van der Waals surface area contributed by atoms with Crippen molar-refractivity contribution in [3.63, 3.8) is 0 Å². The molecular weight excluding hydrogens is 837 g/mol. The summed E-state index contributed by atoms with van der Waals surface area (Å²) in [5, 5.41) is 34.3. The first-order valence-corrected chi connectivity index (χ1v) is 21.6. The van der Waals surface area contributed by atoms with E-state index in [1.807, 2.05) is 0 Å². The van der Waals surface area contributed by atoms with Crippen molar-refractivity contribution in [2.24, 2.45) is 17.4 Å². The molecule has 3 aromatic rings. The van der Waals surface area contributed by atoms with E-state index in [4.69, 9.17) is 11.5 Å². The van der Waals surface area contributed by atoms with Crippen LogP contribution >= 0.6 is 11.8 Å². The van der Waals surface area contributed by atoms with Crippen LogP contribution < -0.4 is 43.4 Å². The molecule has 0 unspecified atom stereocenters. The number of rotatable bonds is 26. The van der Waals surface area contributed by atoms with E-state index >= 15 is 0 Å².